The van der Waals surface area contributed by atoms with Gasteiger partial charge in [-0.15, -0.1) is 0 Å². The predicted molar refractivity (Wildman–Crippen MR) is 106 cm³/mol. The Kier molecular flexibility index (Phi) is 8.49. The van der Waals surface area contributed by atoms with Crippen LogP contribution in [0.25, 0.3) is 0 Å². The van der Waals surface area contributed by atoms with Crippen LogP contribution in [0.5, 0.6) is 0 Å². The summed E-state index contributed by atoms with van der Waals surface area (Å²) < 4.78 is 80.1. The number of halogens is 6. The molecular formula is C20H20F6N4O5. The summed E-state index contributed by atoms with van der Waals surface area (Å²) in [6, 6.07) is -0.00786. The number of carboxylic acids is 2. The van der Waals surface area contributed by atoms with Crippen molar-refractivity contribution in [3.63, 3.8) is 0 Å². The number of nitrogens with zero attached hydrogens (tertiary/aromatic N) is 3. The van der Waals surface area contributed by atoms with Gasteiger partial charge in [0.2, 0.25) is 11.7 Å². The number of aliphatic carboxylic acids is 1. The van der Waals surface area contributed by atoms with Crippen LogP contribution in [-0.4, -0.2) is 55.1 Å². The minimum atomic E-state index is -4.87. The van der Waals surface area contributed by atoms with E-state index in [1.807, 2.05) is 0 Å². The highest BCUT2D eigenvalue weighted by atomic mass is 19.4. The standard InChI is InChI=1S/C18H16F6N4O3.C2H4O2/c19-10-6-12(21)11(20)4-8(10)3-9(25)5-14(29)27-1-2-28-13(7-27)15(16(30)31)26-17(28)18(22,23)24;1-2(3)4/h4,6,9H,1-3,5,7,25H2,(H,30,31);1H3,(H,3,4)/t9-;/m1./s1. The van der Waals surface area contributed by atoms with Crippen LogP contribution in [0.4, 0.5) is 26.3 Å². The molecular weight excluding hydrogens is 490 g/mol. The van der Waals surface area contributed by atoms with Gasteiger partial charge in [-0.3, -0.25) is 9.59 Å². The van der Waals surface area contributed by atoms with Crippen LogP contribution < -0.4 is 5.73 Å². The van der Waals surface area contributed by atoms with E-state index >= 15 is 0 Å². The van der Waals surface area contributed by atoms with E-state index in [0.717, 1.165) is 11.8 Å². The zero-order valence-corrected chi connectivity index (χ0v) is 18.1. The Labute approximate surface area is 193 Å². The molecule has 0 bridgehead atoms. The molecule has 2 heterocycles. The maximum Gasteiger partial charge on any atom is 0.449 e. The third-order valence-electron chi connectivity index (χ3n) is 4.82. The number of nitrogens with two attached hydrogens (primary N) is 1. The second-order valence-electron chi connectivity index (χ2n) is 7.55. The number of amides is 1. The van der Waals surface area contributed by atoms with Crippen molar-refractivity contribution in [2.24, 2.45) is 5.73 Å². The summed E-state index contributed by atoms with van der Waals surface area (Å²) in [5, 5.41) is 16.6. The van der Waals surface area contributed by atoms with E-state index in [1.165, 1.54) is 0 Å². The number of hydrogen-bond acceptors (Lipinski definition) is 5. The number of carbonyl (C=O) groups excluding carboxylic acids is 1. The monoisotopic (exact) mass is 510 g/mol. The number of benzene rings is 1. The lowest BCUT2D eigenvalue weighted by Crippen LogP contribution is -2.42. The first kappa shape index (κ1) is 27.6. The quantitative estimate of drug-likeness (QED) is 0.415. The number of carboxylic acid groups (broad SMARTS) is 2. The number of hydrogen-bond donors (Lipinski definition) is 3. The van der Waals surface area contributed by atoms with E-state index in [1.54, 1.807) is 0 Å². The van der Waals surface area contributed by atoms with Gasteiger partial charge >= 0.3 is 12.1 Å². The molecule has 1 atom stereocenters. The number of fused-ring (bicyclic) bond motifs is 1. The molecule has 35 heavy (non-hydrogen) atoms. The van der Waals surface area contributed by atoms with Gasteiger partial charge in [-0.05, 0) is 18.1 Å². The van der Waals surface area contributed by atoms with E-state index in [2.05, 4.69) is 4.98 Å². The largest absolute Gasteiger partial charge is 0.481 e. The minimum absolute atomic E-state index is 0.156. The van der Waals surface area contributed by atoms with Crippen molar-refractivity contribution in [2.45, 2.75) is 45.1 Å². The van der Waals surface area contributed by atoms with E-state index in [4.69, 9.17) is 20.7 Å². The Morgan fingerprint density at radius 2 is 1.66 bits per heavy atom. The van der Waals surface area contributed by atoms with Crippen LogP contribution in [0.3, 0.4) is 0 Å². The zero-order valence-electron chi connectivity index (χ0n) is 18.1. The third-order valence-corrected chi connectivity index (χ3v) is 4.82. The minimum Gasteiger partial charge on any atom is -0.481 e. The van der Waals surface area contributed by atoms with Gasteiger partial charge in [0.1, 0.15) is 5.82 Å². The van der Waals surface area contributed by atoms with Crippen molar-refractivity contribution >= 4 is 17.8 Å². The van der Waals surface area contributed by atoms with Crippen LogP contribution in [0.15, 0.2) is 12.1 Å². The highest BCUT2D eigenvalue weighted by Gasteiger charge is 2.41. The van der Waals surface area contributed by atoms with Crippen LogP contribution in [0.2, 0.25) is 0 Å². The molecule has 0 aliphatic carbocycles. The number of carbonyl (C=O) groups is 3. The van der Waals surface area contributed by atoms with Gasteiger partial charge in [-0.1, -0.05) is 0 Å². The Morgan fingerprint density at radius 1 is 1.09 bits per heavy atom. The van der Waals surface area contributed by atoms with Crippen LogP contribution in [0.1, 0.15) is 40.9 Å². The maximum atomic E-state index is 13.8. The summed E-state index contributed by atoms with van der Waals surface area (Å²) in [7, 11) is 0. The number of imidazole rings is 1. The molecule has 9 nitrogen and oxygen atoms in total. The first-order chi connectivity index (χ1) is 16.1. The van der Waals surface area contributed by atoms with Gasteiger partial charge < -0.3 is 25.4 Å². The lowest BCUT2D eigenvalue weighted by molar-refractivity contribution is -0.148. The van der Waals surface area contributed by atoms with Crippen molar-refractivity contribution in [2.75, 3.05) is 6.54 Å². The lowest BCUT2D eigenvalue weighted by atomic mass is 10.0. The second-order valence-corrected chi connectivity index (χ2v) is 7.55. The molecule has 0 radical (unpaired) electrons. The SMILES string of the molecule is CC(=O)O.N[C@@H](CC(=O)N1CCn2c(C(F)(F)F)nc(C(=O)O)c2C1)Cc1cc(F)c(F)cc1F. The van der Waals surface area contributed by atoms with Crippen molar-refractivity contribution in [1.82, 2.24) is 14.5 Å². The summed E-state index contributed by atoms with van der Waals surface area (Å²) in [6.45, 7) is 0.162. The van der Waals surface area contributed by atoms with Gasteiger partial charge in [0.05, 0.1) is 12.2 Å². The van der Waals surface area contributed by atoms with Gasteiger partial charge in [0, 0.05) is 38.5 Å². The van der Waals surface area contributed by atoms with E-state index in [-0.39, 0.29) is 37.2 Å². The maximum absolute atomic E-state index is 13.8. The molecule has 1 aromatic carbocycles. The van der Waals surface area contributed by atoms with E-state index < -0.39 is 65.6 Å². The number of aromatic nitrogens is 2. The van der Waals surface area contributed by atoms with E-state index in [0.29, 0.717) is 16.7 Å². The predicted octanol–water partition coefficient (Wildman–Crippen LogP) is 2.41. The molecule has 0 fully saturated rings. The lowest BCUT2D eigenvalue weighted by Gasteiger charge is -2.30. The number of aromatic carboxylic acids is 1. The molecule has 15 heteroatoms. The molecule has 0 unspecified atom stereocenters. The Balaban J connectivity index is 0.00000100. The summed E-state index contributed by atoms with van der Waals surface area (Å²) in [5.41, 5.74) is 4.49. The summed E-state index contributed by atoms with van der Waals surface area (Å²) in [5.74, 6) is -8.16. The first-order valence-corrected chi connectivity index (χ1v) is 9.88. The van der Waals surface area contributed by atoms with Crippen molar-refractivity contribution in [3.05, 3.63) is 52.4 Å². The fourth-order valence-corrected chi connectivity index (χ4v) is 3.40. The second kappa shape index (κ2) is 10.8. The molecule has 2 aromatic rings. The van der Waals surface area contributed by atoms with Gasteiger partial charge in [-0.2, -0.15) is 13.2 Å². The molecule has 1 aliphatic heterocycles. The highest BCUT2D eigenvalue weighted by molar-refractivity contribution is 5.87. The third kappa shape index (κ3) is 6.94. The fourth-order valence-electron chi connectivity index (χ4n) is 3.40. The van der Waals surface area contributed by atoms with Crippen molar-refractivity contribution < 1.29 is 50.9 Å². The average Bonchev–Trinajstić information content (AvgIpc) is 3.11. The molecule has 1 aromatic heterocycles. The summed E-state index contributed by atoms with van der Waals surface area (Å²) in [6.07, 6.45) is -5.54. The molecule has 1 amide bonds. The van der Waals surface area contributed by atoms with Crippen LogP contribution in [0, 0.1) is 17.5 Å². The van der Waals surface area contributed by atoms with Crippen LogP contribution >= 0.6 is 0 Å². The van der Waals surface area contributed by atoms with Gasteiger partial charge in [0.15, 0.2) is 17.3 Å². The molecule has 1 aliphatic rings. The summed E-state index contributed by atoms with van der Waals surface area (Å²) in [4.78, 5) is 37.1. The molecule has 0 saturated carbocycles. The van der Waals surface area contributed by atoms with Crippen molar-refractivity contribution in [3.8, 4) is 0 Å². The number of alkyl halides is 3. The molecule has 3 rings (SSSR count). The molecule has 192 valence electrons. The molecule has 0 saturated heterocycles. The number of rotatable bonds is 5. The molecule has 4 N–H and O–H groups in total. The van der Waals surface area contributed by atoms with Gasteiger partial charge in [-0.25, -0.2) is 22.9 Å². The first-order valence-electron chi connectivity index (χ1n) is 9.88. The highest BCUT2D eigenvalue weighted by Crippen LogP contribution is 2.32. The van der Waals surface area contributed by atoms with E-state index in [9.17, 15) is 35.9 Å². The topological polar surface area (TPSA) is 139 Å². The van der Waals surface area contributed by atoms with Crippen LogP contribution in [-0.2, 0) is 35.3 Å². The smallest absolute Gasteiger partial charge is 0.449 e. The Bertz CT molecular complexity index is 1130. The normalized spacial score (nSPS) is 14.0. The fraction of sp³-hybridized carbons (Fsp3) is 0.400. The zero-order chi connectivity index (χ0) is 26.7. The average molecular weight is 510 g/mol. The Hall–Kier alpha value is -3.62. The van der Waals surface area contributed by atoms with Crippen molar-refractivity contribution in [1.29, 1.82) is 0 Å². The summed E-state index contributed by atoms with van der Waals surface area (Å²) >= 11 is 0. The Morgan fingerprint density at radius 3 is 2.20 bits per heavy atom. The van der Waals surface area contributed by atoms with Gasteiger partial charge in [0.25, 0.3) is 5.97 Å². The molecule has 0 spiro atoms.